The molecule has 50 valence electrons. The van der Waals surface area contributed by atoms with Crippen LogP contribution in [0.15, 0.2) is 0 Å². The number of thioether (sulfide) groups is 1. The van der Waals surface area contributed by atoms with Crippen LogP contribution >= 0.6 is 11.8 Å². The van der Waals surface area contributed by atoms with Gasteiger partial charge in [-0.25, -0.2) is 8.78 Å². The standard InChI is InChI=1S/C5H10F2S/c1-3-8-4-5(2,6)7/h3-4H2,1-2H3. The van der Waals surface area contributed by atoms with Crippen molar-refractivity contribution in [2.75, 3.05) is 11.5 Å². The van der Waals surface area contributed by atoms with Crippen LogP contribution in [0.4, 0.5) is 8.78 Å². The molecule has 0 aliphatic carbocycles. The Morgan fingerprint density at radius 3 is 2.12 bits per heavy atom. The van der Waals surface area contributed by atoms with E-state index < -0.39 is 5.92 Å². The maximum atomic E-state index is 11.9. The van der Waals surface area contributed by atoms with Crippen LogP contribution in [-0.2, 0) is 0 Å². The van der Waals surface area contributed by atoms with Gasteiger partial charge in [0.05, 0.1) is 5.75 Å². The van der Waals surface area contributed by atoms with Gasteiger partial charge < -0.3 is 0 Å². The van der Waals surface area contributed by atoms with E-state index in [1.807, 2.05) is 6.92 Å². The van der Waals surface area contributed by atoms with Crippen LogP contribution in [0, 0.1) is 0 Å². The van der Waals surface area contributed by atoms with Crippen molar-refractivity contribution in [2.24, 2.45) is 0 Å². The maximum Gasteiger partial charge on any atom is 0.254 e. The summed E-state index contributed by atoms with van der Waals surface area (Å²) in [7, 11) is 0. The minimum absolute atomic E-state index is 0.0521. The van der Waals surface area contributed by atoms with Crippen molar-refractivity contribution in [2.45, 2.75) is 19.8 Å². The Morgan fingerprint density at radius 2 is 2.00 bits per heavy atom. The summed E-state index contributed by atoms with van der Waals surface area (Å²) in [6, 6.07) is 0. The lowest BCUT2D eigenvalue weighted by atomic mass is 10.5. The predicted octanol–water partition coefficient (Wildman–Crippen LogP) is 2.39. The first-order valence-electron chi connectivity index (χ1n) is 2.52. The minimum Gasteiger partial charge on any atom is -0.206 e. The van der Waals surface area contributed by atoms with Crippen molar-refractivity contribution in [3.8, 4) is 0 Å². The van der Waals surface area contributed by atoms with Crippen molar-refractivity contribution in [3.05, 3.63) is 0 Å². The molecular formula is C5H10F2S. The minimum atomic E-state index is -2.49. The first kappa shape index (κ1) is 8.21. The van der Waals surface area contributed by atoms with E-state index in [1.54, 1.807) is 0 Å². The van der Waals surface area contributed by atoms with Crippen LogP contribution in [0.3, 0.4) is 0 Å². The van der Waals surface area contributed by atoms with Crippen molar-refractivity contribution >= 4 is 11.8 Å². The molecule has 0 N–H and O–H groups in total. The molecule has 0 unspecified atom stereocenters. The smallest absolute Gasteiger partial charge is 0.206 e. The first-order chi connectivity index (χ1) is 3.56. The lowest BCUT2D eigenvalue weighted by Crippen LogP contribution is -2.12. The molecule has 0 rings (SSSR count). The molecule has 0 aliphatic heterocycles. The van der Waals surface area contributed by atoms with Crippen molar-refractivity contribution in [3.63, 3.8) is 0 Å². The molecule has 0 aliphatic rings. The molecule has 0 nitrogen and oxygen atoms in total. The third-order valence-corrected chi connectivity index (χ3v) is 1.68. The van der Waals surface area contributed by atoms with E-state index >= 15 is 0 Å². The van der Waals surface area contributed by atoms with E-state index in [1.165, 1.54) is 11.8 Å². The van der Waals surface area contributed by atoms with Crippen molar-refractivity contribution < 1.29 is 8.78 Å². The van der Waals surface area contributed by atoms with Gasteiger partial charge in [-0.2, -0.15) is 11.8 Å². The zero-order valence-corrected chi connectivity index (χ0v) is 5.89. The van der Waals surface area contributed by atoms with Gasteiger partial charge in [-0.05, 0) is 5.75 Å². The molecule has 3 heteroatoms. The fourth-order valence-corrected chi connectivity index (χ4v) is 0.844. The molecule has 0 spiro atoms. The third kappa shape index (κ3) is 6.21. The number of halogens is 2. The normalized spacial score (nSPS) is 12.0. The molecular weight excluding hydrogens is 130 g/mol. The Balaban J connectivity index is 3.11. The van der Waals surface area contributed by atoms with Gasteiger partial charge in [0.1, 0.15) is 0 Å². The highest BCUT2D eigenvalue weighted by Crippen LogP contribution is 2.17. The molecule has 0 aromatic heterocycles. The molecule has 0 saturated heterocycles. The van der Waals surface area contributed by atoms with Crippen LogP contribution in [0.1, 0.15) is 13.8 Å². The predicted molar refractivity (Wildman–Crippen MR) is 33.6 cm³/mol. The van der Waals surface area contributed by atoms with Crippen LogP contribution < -0.4 is 0 Å². The van der Waals surface area contributed by atoms with Gasteiger partial charge >= 0.3 is 0 Å². The first-order valence-corrected chi connectivity index (χ1v) is 3.67. The monoisotopic (exact) mass is 140 g/mol. The van der Waals surface area contributed by atoms with Crippen LogP contribution in [0.25, 0.3) is 0 Å². The molecule has 0 amide bonds. The molecule has 0 aromatic carbocycles. The Bertz CT molecular complexity index is 57.9. The largest absolute Gasteiger partial charge is 0.254 e. The van der Waals surface area contributed by atoms with Crippen molar-refractivity contribution in [1.82, 2.24) is 0 Å². The Labute approximate surface area is 52.7 Å². The summed E-state index contributed by atoms with van der Waals surface area (Å²) in [5.74, 6) is -1.77. The molecule has 0 radical (unpaired) electrons. The summed E-state index contributed by atoms with van der Waals surface area (Å²) in [5.41, 5.74) is 0. The zero-order valence-electron chi connectivity index (χ0n) is 5.08. The molecule has 8 heavy (non-hydrogen) atoms. The average molecular weight is 140 g/mol. The lowest BCUT2D eigenvalue weighted by Gasteiger charge is -2.06. The SMILES string of the molecule is CCSCC(C)(F)F. The summed E-state index contributed by atoms with van der Waals surface area (Å²) in [4.78, 5) is 0. The fourth-order valence-electron chi connectivity index (χ4n) is 0.281. The second-order valence-corrected chi connectivity index (χ2v) is 2.98. The zero-order chi connectivity index (χ0) is 6.62. The lowest BCUT2D eigenvalue weighted by molar-refractivity contribution is 0.0493. The molecule has 0 saturated carbocycles. The van der Waals surface area contributed by atoms with E-state index in [0.29, 0.717) is 0 Å². The van der Waals surface area contributed by atoms with E-state index in [4.69, 9.17) is 0 Å². The molecule has 0 atom stereocenters. The topological polar surface area (TPSA) is 0 Å². The van der Waals surface area contributed by atoms with E-state index in [9.17, 15) is 8.78 Å². The van der Waals surface area contributed by atoms with E-state index in [-0.39, 0.29) is 5.75 Å². The van der Waals surface area contributed by atoms with Gasteiger partial charge in [0, 0.05) is 6.92 Å². The summed E-state index contributed by atoms with van der Waals surface area (Å²) < 4.78 is 23.8. The summed E-state index contributed by atoms with van der Waals surface area (Å²) in [6.45, 7) is 2.81. The summed E-state index contributed by atoms with van der Waals surface area (Å²) >= 11 is 1.27. The second-order valence-electron chi connectivity index (χ2n) is 1.71. The van der Waals surface area contributed by atoms with Gasteiger partial charge in [0.2, 0.25) is 0 Å². The summed E-state index contributed by atoms with van der Waals surface area (Å²) in [5, 5.41) is 0. The molecule has 0 aromatic rings. The second kappa shape index (κ2) is 3.28. The van der Waals surface area contributed by atoms with Gasteiger partial charge in [0.15, 0.2) is 0 Å². The Morgan fingerprint density at radius 1 is 1.50 bits per heavy atom. The molecule has 0 heterocycles. The van der Waals surface area contributed by atoms with Crippen LogP contribution in [0.2, 0.25) is 0 Å². The Hall–Kier alpha value is 0.210. The quantitative estimate of drug-likeness (QED) is 0.580. The van der Waals surface area contributed by atoms with E-state index in [2.05, 4.69) is 0 Å². The number of alkyl halides is 2. The van der Waals surface area contributed by atoms with Gasteiger partial charge in [-0.1, -0.05) is 6.92 Å². The molecule has 0 fully saturated rings. The Kier molecular flexibility index (Phi) is 3.36. The molecule has 0 bridgehead atoms. The van der Waals surface area contributed by atoms with Crippen LogP contribution in [-0.4, -0.2) is 17.4 Å². The highest BCUT2D eigenvalue weighted by molar-refractivity contribution is 7.99. The van der Waals surface area contributed by atoms with Gasteiger partial charge in [0.25, 0.3) is 5.92 Å². The summed E-state index contributed by atoms with van der Waals surface area (Å²) in [6.07, 6.45) is 0. The third-order valence-electron chi connectivity index (χ3n) is 0.560. The number of hydrogen-bond donors (Lipinski definition) is 0. The van der Waals surface area contributed by atoms with Crippen molar-refractivity contribution in [1.29, 1.82) is 0 Å². The highest BCUT2D eigenvalue weighted by atomic mass is 32.2. The van der Waals surface area contributed by atoms with Gasteiger partial charge in [-0.15, -0.1) is 0 Å². The maximum absolute atomic E-state index is 11.9. The highest BCUT2D eigenvalue weighted by Gasteiger charge is 2.19. The van der Waals surface area contributed by atoms with Gasteiger partial charge in [-0.3, -0.25) is 0 Å². The van der Waals surface area contributed by atoms with Crippen LogP contribution in [0.5, 0.6) is 0 Å². The fraction of sp³-hybridized carbons (Fsp3) is 1.00. The number of hydrogen-bond acceptors (Lipinski definition) is 1. The average Bonchev–Trinajstić information content (AvgIpc) is 1.59. The number of rotatable bonds is 3. The van der Waals surface area contributed by atoms with E-state index in [0.717, 1.165) is 12.7 Å².